The average molecular weight is 182 g/mol. The van der Waals surface area contributed by atoms with Crippen molar-refractivity contribution in [3.63, 3.8) is 0 Å². The van der Waals surface area contributed by atoms with Gasteiger partial charge in [0.1, 0.15) is 5.82 Å². The first-order valence-electron chi connectivity index (χ1n) is 4.45. The molecule has 0 heterocycles. The molecule has 1 rings (SSSR count). The molecule has 0 fully saturated rings. The molecule has 0 aliphatic heterocycles. The Morgan fingerprint density at radius 1 is 1.46 bits per heavy atom. The standard InChI is InChI=1S/C10H15FN2/c1-2-3-9(12)7-4-5-10(13)8(11)6-7/h4-6,9H,2-3,12-13H2,1H3. The van der Waals surface area contributed by atoms with Gasteiger partial charge >= 0.3 is 0 Å². The van der Waals surface area contributed by atoms with Gasteiger partial charge < -0.3 is 11.5 Å². The normalized spacial score (nSPS) is 12.8. The minimum atomic E-state index is -0.385. The fraction of sp³-hybridized carbons (Fsp3) is 0.400. The fourth-order valence-electron chi connectivity index (χ4n) is 1.25. The Morgan fingerprint density at radius 2 is 2.15 bits per heavy atom. The van der Waals surface area contributed by atoms with Gasteiger partial charge in [-0.1, -0.05) is 19.4 Å². The molecule has 13 heavy (non-hydrogen) atoms. The zero-order valence-electron chi connectivity index (χ0n) is 7.76. The molecular formula is C10H15FN2. The van der Waals surface area contributed by atoms with Crippen molar-refractivity contribution in [2.75, 3.05) is 5.73 Å². The summed E-state index contributed by atoms with van der Waals surface area (Å²) >= 11 is 0. The van der Waals surface area contributed by atoms with Gasteiger partial charge in [-0.2, -0.15) is 0 Å². The van der Waals surface area contributed by atoms with Crippen LogP contribution in [0.15, 0.2) is 18.2 Å². The molecule has 3 heteroatoms. The van der Waals surface area contributed by atoms with E-state index in [9.17, 15) is 4.39 Å². The number of hydrogen-bond donors (Lipinski definition) is 2. The van der Waals surface area contributed by atoms with Crippen molar-refractivity contribution in [1.29, 1.82) is 0 Å². The summed E-state index contributed by atoms with van der Waals surface area (Å²) in [6, 6.07) is 4.66. The molecule has 0 aromatic heterocycles. The van der Waals surface area contributed by atoms with Gasteiger partial charge in [0.05, 0.1) is 5.69 Å². The van der Waals surface area contributed by atoms with Crippen molar-refractivity contribution in [1.82, 2.24) is 0 Å². The molecule has 1 atom stereocenters. The number of nitrogen functional groups attached to an aromatic ring is 1. The van der Waals surface area contributed by atoms with Crippen molar-refractivity contribution in [3.8, 4) is 0 Å². The summed E-state index contributed by atoms with van der Waals surface area (Å²) in [4.78, 5) is 0. The summed E-state index contributed by atoms with van der Waals surface area (Å²) in [7, 11) is 0. The van der Waals surface area contributed by atoms with E-state index in [1.165, 1.54) is 6.07 Å². The third kappa shape index (κ3) is 2.42. The molecule has 0 spiro atoms. The Hall–Kier alpha value is -1.09. The number of nitrogens with two attached hydrogens (primary N) is 2. The van der Waals surface area contributed by atoms with Crippen molar-refractivity contribution in [3.05, 3.63) is 29.6 Å². The van der Waals surface area contributed by atoms with E-state index < -0.39 is 0 Å². The van der Waals surface area contributed by atoms with Gasteiger partial charge in [-0.25, -0.2) is 4.39 Å². The zero-order chi connectivity index (χ0) is 9.84. The van der Waals surface area contributed by atoms with Crippen LogP contribution in [0, 0.1) is 5.82 Å². The van der Waals surface area contributed by atoms with Crippen molar-refractivity contribution in [2.45, 2.75) is 25.8 Å². The lowest BCUT2D eigenvalue weighted by Crippen LogP contribution is -2.10. The highest BCUT2D eigenvalue weighted by atomic mass is 19.1. The van der Waals surface area contributed by atoms with E-state index in [4.69, 9.17) is 11.5 Å². The first-order valence-corrected chi connectivity index (χ1v) is 4.45. The Bertz CT molecular complexity index is 286. The Labute approximate surface area is 77.7 Å². The summed E-state index contributed by atoms with van der Waals surface area (Å²) in [5.41, 5.74) is 12.2. The van der Waals surface area contributed by atoms with Crippen LogP contribution >= 0.6 is 0 Å². The number of hydrogen-bond acceptors (Lipinski definition) is 2. The summed E-state index contributed by atoms with van der Waals surface area (Å²) < 4.78 is 13.0. The van der Waals surface area contributed by atoms with Crippen LogP contribution in [0.25, 0.3) is 0 Å². The van der Waals surface area contributed by atoms with E-state index in [0.29, 0.717) is 0 Å². The molecule has 2 nitrogen and oxygen atoms in total. The Balaban J connectivity index is 2.84. The molecule has 0 saturated carbocycles. The number of halogens is 1. The number of anilines is 1. The van der Waals surface area contributed by atoms with Crippen molar-refractivity contribution < 1.29 is 4.39 Å². The van der Waals surface area contributed by atoms with Gasteiger partial charge in [-0.3, -0.25) is 0 Å². The SMILES string of the molecule is CCCC(N)c1ccc(N)c(F)c1. The van der Waals surface area contributed by atoms with Crippen LogP contribution in [0.3, 0.4) is 0 Å². The number of rotatable bonds is 3. The first-order chi connectivity index (χ1) is 6.15. The summed E-state index contributed by atoms with van der Waals surface area (Å²) in [6.45, 7) is 2.05. The Morgan fingerprint density at radius 3 is 2.69 bits per heavy atom. The largest absolute Gasteiger partial charge is 0.396 e. The molecular weight excluding hydrogens is 167 g/mol. The Kier molecular flexibility index (Phi) is 3.25. The second-order valence-electron chi connectivity index (χ2n) is 3.18. The van der Waals surface area contributed by atoms with E-state index in [2.05, 4.69) is 0 Å². The predicted molar refractivity (Wildman–Crippen MR) is 52.6 cm³/mol. The monoisotopic (exact) mass is 182 g/mol. The zero-order valence-corrected chi connectivity index (χ0v) is 7.76. The fourth-order valence-corrected chi connectivity index (χ4v) is 1.25. The molecule has 1 unspecified atom stereocenters. The molecule has 0 radical (unpaired) electrons. The van der Waals surface area contributed by atoms with E-state index in [-0.39, 0.29) is 17.5 Å². The van der Waals surface area contributed by atoms with Gasteiger partial charge in [0.25, 0.3) is 0 Å². The topological polar surface area (TPSA) is 52.0 Å². The third-order valence-corrected chi connectivity index (χ3v) is 2.05. The van der Waals surface area contributed by atoms with Crippen molar-refractivity contribution >= 4 is 5.69 Å². The minimum Gasteiger partial charge on any atom is -0.396 e. The second-order valence-corrected chi connectivity index (χ2v) is 3.18. The maximum absolute atomic E-state index is 13.0. The summed E-state index contributed by atoms with van der Waals surface area (Å²) in [5.74, 6) is -0.385. The predicted octanol–water partition coefficient (Wildman–Crippen LogP) is 2.21. The van der Waals surface area contributed by atoms with Crippen LogP contribution in [0.2, 0.25) is 0 Å². The lowest BCUT2D eigenvalue weighted by atomic mass is 10.0. The molecule has 0 bridgehead atoms. The van der Waals surface area contributed by atoms with Crippen molar-refractivity contribution in [2.24, 2.45) is 5.73 Å². The van der Waals surface area contributed by atoms with Gasteiger partial charge in [-0.05, 0) is 24.1 Å². The molecule has 0 aliphatic carbocycles. The molecule has 1 aromatic carbocycles. The maximum atomic E-state index is 13.0. The highest BCUT2D eigenvalue weighted by molar-refractivity contribution is 5.41. The van der Waals surface area contributed by atoms with Gasteiger partial charge in [-0.15, -0.1) is 0 Å². The lowest BCUT2D eigenvalue weighted by Gasteiger charge is -2.10. The highest BCUT2D eigenvalue weighted by Crippen LogP contribution is 2.19. The summed E-state index contributed by atoms with van der Waals surface area (Å²) in [6.07, 6.45) is 1.86. The van der Waals surface area contributed by atoms with Gasteiger partial charge in [0.15, 0.2) is 0 Å². The molecule has 4 N–H and O–H groups in total. The molecule has 0 amide bonds. The first kappa shape index (κ1) is 9.99. The molecule has 0 saturated heterocycles. The van der Waals surface area contributed by atoms with Crippen LogP contribution < -0.4 is 11.5 Å². The second kappa shape index (κ2) is 4.23. The van der Waals surface area contributed by atoms with E-state index >= 15 is 0 Å². The highest BCUT2D eigenvalue weighted by Gasteiger charge is 2.06. The van der Waals surface area contributed by atoms with Crippen LogP contribution in [0.4, 0.5) is 10.1 Å². The average Bonchev–Trinajstić information content (AvgIpc) is 2.10. The summed E-state index contributed by atoms with van der Waals surface area (Å²) in [5, 5.41) is 0. The van der Waals surface area contributed by atoms with Crippen LogP contribution in [0.1, 0.15) is 31.4 Å². The minimum absolute atomic E-state index is 0.0832. The van der Waals surface area contributed by atoms with E-state index in [1.807, 2.05) is 6.92 Å². The smallest absolute Gasteiger partial charge is 0.146 e. The van der Waals surface area contributed by atoms with E-state index in [1.54, 1.807) is 12.1 Å². The third-order valence-electron chi connectivity index (χ3n) is 2.05. The van der Waals surface area contributed by atoms with Crippen LogP contribution in [-0.4, -0.2) is 0 Å². The lowest BCUT2D eigenvalue weighted by molar-refractivity contribution is 0.608. The van der Waals surface area contributed by atoms with Gasteiger partial charge in [0, 0.05) is 6.04 Å². The number of benzene rings is 1. The molecule has 0 aliphatic rings. The molecule has 1 aromatic rings. The molecule has 72 valence electrons. The quantitative estimate of drug-likeness (QED) is 0.704. The van der Waals surface area contributed by atoms with E-state index in [0.717, 1.165) is 18.4 Å². The maximum Gasteiger partial charge on any atom is 0.146 e. The van der Waals surface area contributed by atoms with Gasteiger partial charge in [0.2, 0.25) is 0 Å². The van der Waals surface area contributed by atoms with Crippen LogP contribution in [0.5, 0.6) is 0 Å². The van der Waals surface area contributed by atoms with Crippen LogP contribution in [-0.2, 0) is 0 Å².